The Morgan fingerprint density at radius 1 is 1.09 bits per heavy atom. The summed E-state index contributed by atoms with van der Waals surface area (Å²) in [7, 11) is 0. The monoisotopic (exact) mass is 434 g/mol. The lowest BCUT2D eigenvalue weighted by atomic mass is 10.1. The Labute approximate surface area is 188 Å². The average molecular weight is 435 g/mol. The SMILES string of the molecule is CC(C)(C)OC(=O)N1CCC(n2cc(-c3cnc(-c4cccc(CN)c4)nc3)cn2)CC1. The summed E-state index contributed by atoms with van der Waals surface area (Å²) in [6.07, 6.45) is 8.95. The highest BCUT2D eigenvalue weighted by atomic mass is 16.6. The summed E-state index contributed by atoms with van der Waals surface area (Å²) in [5.41, 5.74) is 9.15. The van der Waals surface area contributed by atoms with Crippen LogP contribution in [0.2, 0.25) is 0 Å². The van der Waals surface area contributed by atoms with E-state index in [1.54, 1.807) is 4.90 Å². The summed E-state index contributed by atoms with van der Waals surface area (Å²) in [4.78, 5) is 23.1. The third kappa shape index (κ3) is 5.13. The lowest BCUT2D eigenvalue weighted by Crippen LogP contribution is -2.42. The number of hydrogen-bond acceptors (Lipinski definition) is 6. The predicted octanol–water partition coefficient (Wildman–Crippen LogP) is 4.04. The van der Waals surface area contributed by atoms with Gasteiger partial charge in [0.05, 0.1) is 12.2 Å². The molecule has 2 N–H and O–H groups in total. The van der Waals surface area contributed by atoms with Crippen LogP contribution in [-0.4, -0.2) is 49.4 Å². The van der Waals surface area contributed by atoms with Crippen LogP contribution < -0.4 is 5.73 Å². The molecule has 4 rings (SSSR count). The highest BCUT2D eigenvalue weighted by molar-refractivity contribution is 5.68. The Morgan fingerprint density at radius 3 is 2.47 bits per heavy atom. The fraction of sp³-hybridized carbons (Fsp3) is 0.417. The number of rotatable bonds is 4. The van der Waals surface area contributed by atoms with E-state index in [9.17, 15) is 4.79 Å². The molecule has 0 radical (unpaired) electrons. The lowest BCUT2D eigenvalue weighted by molar-refractivity contribution is 0.0185. The zero-order valence-corrected chi connectivity index (χ0v) is 18.9. The molecule has 1 aromatic carbocycles. The summed E-state index contributed by atoms with van der Waals surface area (Å²) in [5.74, 6) is 0.672. The molecule has 3 heterocycles. The molecule has 1 fully saturated rings. The third-order valence-electron chi connectivity index (χ3n) is 5.50. The van der Waals surface area contributed by atoms with Gasteiger partial charge in [0.25, 0.3) is 0 Å². The van der Waals surface area contributed by atoms with Gasteiger partial charge in [0.15, 0.2) is 5.82 Å². The maximum Gasteiger partial charge on any atom is 0.410 e. The van der Waals surface area contributed by atoms with Gasteiger partial charge in [-0.25, -0.2) is 14.8 Å². The summed E-state index contributed by atoms with van der Waals surface area (Å²) in [5, 5.41) is 4.56. The molecule has 0 atom stereocenters. The molecule has 0 saturated carbocycles. The molecule has 1 amide bonds. The minimum absolute atomic E-state index is 0.244. The Bertz CT molecular complexity index is 1060. The average Bonchev–Trinajstić information content (AvgIpc) is 3.28. The van der Waals surface area contributed by atoms with Crippen LogP contribution in [0, 0.1) is 0 Å². The van der Waals surface area contributed by atoms with Gasteiger partial charge in [0, 0.05) is 54.9 Å². The summed E-state index contributed by atoms with van der Waals surface area (Å²) in [6, 6.07) is 8.20. The van der Waals surface area contributed by atoms with Crippen molar-refractivity contribution in [2.45, 2.75) is 51.8 Å². The molecule has 8 heteroatoms. The normalized spacial score (nSPS) is 15.1. The first-order valence-electron chi connectivity index (χ1n) is 11.0. The van der Waals surface area contributed by atoms with Crippen LogP contribution in [-0.2, 0) is 11.3 Å². The van der Waals surface area contributed by atoms with E-state index in [4.69, 9.17) is 10.5 Å². The summed E-state index contributed by atoms with van der Waals surface area (Å²) >= 11 is 0. The van der Waals surface area contributed by atoms with Gasteiger partial charge in [-0.3, -0.25) is 4.68 Å². The van der Waals surface area contributed by atoms with E-state index >= 15 is 0 Å². The van der Waals surface area contributed by atoms with Gasteiger partial charge in [0.2, 0.25) is 0 Å². The molecular weight excluding hydrogens is 404 g/mol. The Kier molecular flexibility index (Phi) is 6.23. The first-order valence-corrected chi connectivity index (χ1v) is 11.0. The van der Waals surface area contributed by atoms with E-state index in [0.29, 0.717) is 25.5 Å². The highest BCUT2D eigenvalue weighted by Crippen LogP contribution is 2.26. The van der Waals surface area contributed by atoms with Gasteiger partial charge in [0.1, 0.15) is 5.60 Å². The summed E-state index contributed by atoms with van der Waals surface area (Å²) < 4.78 is 7.47. The van der Waals surface area contributed by atoms with E-state index in [0.717, 1.165) is 35.1 Å². The molecule has 0 unspecified atom stereocenters. The Morgan fingerprint density at radius 2 is 1.81 bits per heavy atom. The van der Waals surface area contributed by atoms with Crippen molar-refractivity contribution in [3.8, 4) is 22.5 Å². The number of carbonyl (C=O) groups excluding carboxylic acids is 1. The lowest BCUT2D eigenvalue weighted by Gasteiger charge is -2.33. The number of aromatic nitrogens is 4. The number of likely N-dealkylation sites (tertiary alicyclic amines) is 1. The fourth-order valence-corrected chi connectivity index (χ4v) is 3.79. The molecule has 1 aliphatic rings. The molecule has 168 valence electrons. The smallest absolute Gasteiger partial charge is 0.410 e. The minimum atomic E-state index is -0.477. The number of amides is 1. The van der Waals surface area contributed by atoms with Gasteiger partial charge in [-0.1, -0.05) is 18.2 Å². The number of hydrogen-bond donors (Lipinski definition) is 1. The largest absolute Gasteiger partial charge is 0.444 e. The minimum Gasteiger partial charge on any atom is -0.444 e. The van der Waals surface area contributed by atoms with Gasteiger partial charge < -0.3 is 15.4 Å². The molecule has 32 heavy (non-hydrogen) atoms. The second-order valence-electron chi connectivity index (χ2n) is 9.11. The van der Waals surface area contributed by atoms with E-state index in [1.807, 2.05) is 74.5 Å². The Hall–Kier alpha value is -3.26. The molecule has 1 saturated heterocycles. The van der Waals surface area contributed by atoms with Crippen LogP contribution in [0.5, 0.6) is 0 Å². The van der Waals surface area contributed by atoms with Crippen LogP contribution in [0.1, 0.15) is 45.2 Å². The van der Waals surface area contributed by atoms with Gasteiger partial charge in [-0.05, 0) is 45.2 Å². The number of carbonyl (C=O) groups is 1. The highest BCUT2D eigenvalue weighted by Gasteiger charge is 2.27. The Balaban J connectivity index is 1.39. The maximum absolute atomic E-state index is 12.3. The number of nitrogens with zero attached hydrogens (tertiary/aromatic N) is 5. The molecule has 8 nitrogen and oxygen atoms in total. The third-order valence-corrected chi connectivity index (χ3v) is 5.50. The summed E-state index contributed by atoms with van der Waals surface area (Å²) in [6.45, 7) is 7.47. The van der Waals surface area contributed by atoms with Crippen LogP contribution in [0.4, 0.5) is 4.79 Å². The topological polar surface area (TPSA) is 99.2 Å². The molecule has 0 bridgehead atoms. The van der Waals surface area contributed by atoms with Crippen molar-refractivity contribution >= 4 is 6.09 Å². The van der Waals surface area contributed by atoms with Crippen LogP contribution in [0.3, 0.4) is 0 Å². The molecule has 1 aliphatic heterocycles. The molecule has 0 aliphatic carbocycles. The van der Waals surface area contributed by atoms with Crippen molar-refractivity contribution < 1.29 is 9.53 Å². The van der Waals surface area contributed by atoms with Crippen molar-refractivity contribution in [2.24, 2.45) is 5.73 Å². The fourth-order valence-electron chi connectivity index (χ4n) is 3.79. The second-order valence-corrected chi connectivity index (χ2v) is 9.11. The van der Waals surface area contributed by atoms with Crippen molar-refractivity contribution in [2.75, 3.05) is 13.1 Å². The molecule has 0 spiro atoms. The van der Waals surface area contributed by atoms with E-state index in [-0.39, 0.29) is 12.1 Å². The van der Waals surface area contributed by atoms with Crippen LogP contribution in [0.25, 0.3) is 22.5 Å². The van der Waals surface area contributed by atoms with Crippen molar-refractivity contribution in [3.05, 3.63) is 54.6 Å². The number of nitrogens with two attached hydrogens (primary N) is 1. The van der Waals surface area contributed by atoms with Crippen molar-refractivity contribution in [1.82, 2.24) is 24.6 Å². The zero-order valence-electron chi connectivity index (χ0n) is 18.9. The molecule has 2 aromatic heterocycles. The molecule has 3 aromatic rings. The van der Waals surface area contributed by atoms with Crippen LogP contribution >= 0.6 is 0 Å². The maximum atomic E-state index is 12.3. The first-order chi connectivity index (χ1) is 15.3. The first kappa shape index (κ1) is 22.0. The van der Waals surface area contributed by atoms with Crippen LogP contribution in [0.15, 0.2) is 49.1 Å². The standard InChI is InChI=1S/C24H30N6O2/c1-24(2,3)32-23(31)29-9-7-21(8-10-29)30-16-20(15-28-30)19-13-26-22(27-14-19)18-6-4-5-17(11-18)12-25/h4-6,11,13-16,21H,7-10,12,25H2,1-3H3. The van der Waals surface area contributed by atoms with E-state index in [2.05, 4.69) is 15.1 Å². The molecular formula is C24H30N6O2. The van der Waals surface area contributed by atoms with Crippen molar-refractivity contribution in [1.29, 1.82) is 0 Å². The van der Waals surface area contributed by atoms with E-state index < -0.39 is 5.60 Å². The zero-order chi connectivity index (χ0) is 22.7. The van der Waals surface area contributed by atoms with E-state index in [1.165, 1.54) is 0 Å². The number of ether oxygens (including phenoxy) is 1. The van der Waals surface area contributed by atoms with Crippen molar-refractivity contribution in [3.63, 3.8) is 0 Å². The number of piperidine rings is 1. The van der Waals surface area contributed by atoms with Gasteiger partial charge in [-0.2, -0.15) is 5.10 Å². The van der Waals surface area contributed by atoms with Gasteiger partial charge >= 0.3 is 6.09 Å². The quantitative estimate of drug-likeness (QED) is 0.665. The van der Waals surface area contributed by atoms with Gasteiger partial charge in [-0.15, -0.1) is 0 Å². The second kappa shape index (κ2) is 9.08. The number of benzene rings is 1. The predicted molar refractivity (Wildman–Crippen MR) is 123 cm³/mol.